The smallest absolute Gasteiger partial charge is 0.265 e. The Morgan fingerprint density at radius 2 is 1.76 bits per heavy atom. The molecule has 0 unspecified atom stereocenters. The summed E-state index contributed by atoms with van der Waals surface area (Å²) in [5.74, 6) is -3.26. The zero-order valence-corrected chi connectivity index (χ0v) is 28.0. The first kappa shape index (κ1) is 33.7. The van der Waals surface area contributed by atoms with E-state index in [0.29, 0.717) is 57.2 Å². The second-order valence-electron chi connectivity index (χ2n) is 15.0. The average molecular weight is 667 g/mol. The fraction of sp³-hybridized carbons (Fsp3) is 0.818. The molecule has 0 aromatic carbocycles. The summed E-state index contributed by atoms with van der Waals surface area (Å²) in [7, 11) is 0. The van der Waals surface area contributed by atoms with E-state index in [1.54, 1.807) is 16.6 Å². The Morgan fingerprint density at radius 1 is 1.09 bits per heavy atom. The van der Waals surface area contributed by atoms with Crippen molar-refractivity contribution in [2.24, 2.45) is 28.6 Å². The fourth-order valence-corrected chi connectivity index (χ4v) is 8.18. The molecule has 0 bridgehead atoms. The molecule has 1 N–H and O–H groups in total. The van der Waals surface area contributed by atoms with Crippen LogP contribution >= 0.6 is 11.3 Å². The molecule has 2 aliphatic carbocycles. The minimum atomic E-state index is -2.60. The number of hydrogen-bond donors (Lipinski definition) is 1. The molecule has 6 rings (SSSR count). The summed E-state index contributed by atoms with van der Waals surface area (Å²) in [6, 6.07) is -0.478. The number of thiazole rings is 1. The number of ether oxygens (including phenoxy) is 3. The first-order valence-corrected chi connectivity index (χ1v) is 17.7. The number of hydrogen-bond acceptors (Lipinski definition) is 8. The van der Waals surface area contributed by atoms with Crippen LogP contribution < -0.4 is 5.32 Å². The number of halogens is 2. The molecule has 2 saturated carbocycles. The van der Waals surface area contributed by atoms with Crippen LogP contribution in [0, 0.1) is 28.6 Å². The van der Waals surface area contributed by atoms with E-state index in [4.69, 9.17) is 14.2 Å². The van der Waals surface area contributed by atoms with Crippen molar-refractivity contribution < 1.29 is 37.4 Å². The van der Waals surface area contributed by atoms with Crippen molar-refractivity contribution in [2.45, 2.75) is 89.9 Å². The van der Waals surface area contributed by atoms with E-state index in [0.717, 1.165) is 19.3 Å². The number of likely N-dealkylation sites (tertiary alicyclic amines) is 2. The van der Waals surface area contributed by atoms with Crippen molar-refractivity contribution in [3.05, 3.63) is 16.6 Å². The first-order valence-electron chi connectivity index (χ1n) is 16.8. The van der Waals surface area contributed by atoms with E-state index in [-0.39, 0.29) is 67.1 Å². The van der Waals surface area contributed by atoms with Crippen molar-refractivity contribution in [2.75, 3.05) is 52.6 Å². The Labute approximate surface area is 273 Å². The van der Waals surface area contributed by atoms with Gasteiger partial charge in [-0.05, 0) is 50.4 Å². The van der Waals surface area contributed by atoms with Crippen LogP contribution in [-0.4, -0.2) is 109 Å². The number of nitrogens with one attached hydrogen (secondary N) is 1. The Bertz CT molecular complexity index is 1240. The van der Waals surface area contributed by atoms with Crippen molar-refractivity contribution >= 4 is 29.1 Å². The van der Waals surface area contributed by atoms with Crippen LogP contribution in [0.25, 0.3) is 0 Å². The molecule has 46 heavy (non-hydrogen) atoms. The van der Waals surface area contributed by atoms with Gasteiger partial charge in [0.1, 0.15) is 4.88 Å². The molecule has 4 heterocycles. The van der Waals surface area contributed by atoms with Crippen LogP contribution in [0.5, 0.6) is 0 Å². The zero-order valence-electron chi connectivity index (χ0n) is 27.2. The van der Waals surface area contributed by atoms with Crippen molar-refractivity contribution in [1.29, 1.82) is 0 Å². The van der Waals surface area contributed by atoms with Crippen molar-refractivity contribution in [3.8, 4) is 0 Å². The summed E-state index contributed by atoms with van der Waals surface area (Å²) in [6.07, 6.45) is 4.14. The van der Waals surface area contributed by atoms with Gasteiger partial charge in [0, 0.05) is 70.2 Å². The quantitative estimate of drug-likeness (QED) is 0.380. The minimum absolute atomic E-state index is 0.00672. The molecule has 5 fully saturated rings. The highest BCUT2D eigenvalue weighted by atomic mass is 32.1. The molecule has 256 valence electrons. The summed E-state index contributed by atoms with van der Waals surface area (Å²) in [4.78, 5) is 49.0. The molecule has 1 spiro atoms. The molecule has 3 aliphatic heterocycles. The van der Waals surface area contributed by atoms with Gasteiger partial charge in [-0.15, -0.1) is 11.3 Å². The lowest BCUT2D eigenvalue weighted by Crippen LogP contribution is -2.65. The van der Waals surface area contributed by atoms with E-state index < -0.39 is 29.4 Å². The summed E-state index contributed by atoms with van der Waals surface area (Å²) in [6.45, 7) is 9.44. The van der Waals surface area contributed by atoms with Crippen LogP contribution in [0.1, 0.15) is 75.4 Å². The number of rotatable bonds is 11. The third-order valence-corrected chi connectivity index (χ3v) is 11.8. The lowest BCUT2D eigenvalue weighted by molar-refractivity contribution is -0.152. The third-order valence-electron chi connectivity index (χ3n) is 11.0. The van der Waals surface area contributed by atoms with E-state index in [1.807, 2.05) is 11.8 Å². The normalized spacial score (nSPS) is 28.5. The molecule has 3 amide bonds. The van der Waals surface area contributed by atoms with Gasteiger partial charge in [-0.3, -0.25) is 19.4 Å². The highest BCUT2D eigenvalue weighted by Gasteiger charge is 2.62. The maximum absolute atomic E-state index is 14.2. The highest BCUT2D eigenvalue weighted by molar-refractivity contribution is 7.11. The molecule has 0 radical (unpaired) electrons. The average Bonchev–Trinajstić information content (AvgIpc) is 3.38. The molecule has 3 saturated heterocycles. The van der Waals surface area contributed by atoms with E-state index in [1.165, 1.54) is 11.3 Å². The predicted octanol–water partition coefficient (Wildman–Crippen LogP) is 4.00. The lowest BCUT2D eigenvalue weighted by Gasteiger charge is -2.50. The van der Waals surface area contributed by atoms with Gasteiger partial charge in [-0.1, -0.05) is 13.8 Å². The molecular weight excluding hydrogens is 618 g/mol. The Balaban J connectivity index is 1.14. The molecule has 10 nitrogen and oxygen atoms in total. The van der Waals surface area contributed by atoms with Gasteiger partial charge in [0.05, 0.1) is 42.5 Å². The number of carbonyl (C=O) groups is 3. The molecule has 13 heteroatoms. The number of alkyl halides is 2. The highest BCUT2D eigenvalue weighted by Crippen LogP contribution is 2.54. The monoisotopic (exact) mass is 666 g/mol. The fourth-order valence-electron chi connectivity index (χ4n) is 7.59. The summed E-state index contributed by atoms with van der Waals surface area (Å²) < 4.78 is 45.4. The standard InChI is InChI=1S/C33H48F2N4O6S/c1-21(44-15-22-4-8-33(34,35)9-5-22)26(16-45-23-6-10-43-11-7-23)37-28(40)25-14-38(30(42)27-13-36-20-46-27)17-32(25)18-39(19-32)29(41)24-12-31(24,2)3/h13,20-26H,4-12,14-19H2,1-3H3,(H,37,40)/t21-,24-,25+,26-/m1/s1. The maximum atomic E-state index is 14.2. The molecule has 5 aliphatic rings. The topological polar surface area (TPSA) is 110 Å². The van der Waals surface area contributed by atoms with Crippen molar-refractivity contribution in [1.82, 2.24) is 20.1 Å². The van der Waals surface area contributed by atoms with Crippen LogP contribution in [0.4, 0.5) is 8.78 Å². The zero-order chi connectivity index (χ0) is 32.7. The van der Waals surface area contributed by atoms with Gasteiger partial charge >= 0.3 is 0 Å². The summed E-state index contributed by atoms with van der Waals surface area (Å²) in [5, 5.41) is 3.22. The van der Waals surface area contributed by atoms with E-state index in [2.05, 4.69) is 24.1 Å². The number of carbonyl (C=O) groups excluding carboxylic acids is 3. The SMILES string of the molecule is C[C@@H](OCC1CCC(F)(F)CC1)[C@@H](COC1CCOCC1)NC(=O)[C@@H]1CN(C(=O)c2cncs2)CC12CN(C(=O)[C@H]1CC1(C)C)C2. The Kier molecular flexibility index (Phi) is 9.78. The van der Waals surface area contributed by atoms with E-state index in [9.17, 15) is 23.2 Å². The van der Waals surface area contributed by atoms with Gasteiger partial charge < -0.3 is 29.3 Å². The van der Waals surface area contributed by atoms with Crippen LogP contribution in [0.2, 0.25) is 0 Å². The summed E-state index contributed by atoms with van der Waals surface area (Å²) in [5.41, 5.74) is 1.09. The second kappa shape index (κ2) is 13.4. The minimum Gasteiger partial charge on any atom is -0.381 e. The van der Waals surface area contributed by atoms with Crippen molar-refractivity contribution in [3.63, 3.8) is 0 Å². The predicted molar refractivity (Wildman–Crippen MR) is 166 cm³/mol. The first-order chi connectivity index (χ1) is 21.9. The maximum Gasteiger partial charge on any atom is 0.265 e. The van der Waals surface area contributed by atoms with Crippen LogP contribution in [0.15, 0.2) is 11.7 Å². The largest absolute Gasteiger partial charge is 0.381 e. The number of nitrogens with zero attached hydrogens (tertiary/aromatic N) is 3. The van der Waals surface area contributed by atoms with Gasteiger partial charge in [0.2, 0.25) is 17.7 Å². The Hall–Kier alpha value is -2.22. The molecule has 1 aromatic rings. The van der Waals surface area contributed by atoms with Crippen LogP contribution in [0.3, 0.4) is 0 Å². The van der Waals surface area contributed by atoms with E-state index >= 15 is 0 Å². The number of aromatic nitrogens is 1. The van der Waals surface area contributed by atoms with Gasteiger partial charge in [0.25, 0.3) is 5.91 Å². The van der Waals surface area contributed by atoms with Gasteiger partial charge in [-0.25, -0.2) is 8.78 Å². The second-order valence-corrected chi connectivity index (χ2v) is 15.9. The Morgan fingerprint density at radius 3 is 2.39 bits per heavy atom. The molecule has 4 atom stereocenters. The summed E-state index contributed by atoms with van der Waals surface area (Å²) >= 11 is 1.27. The van der Waals surface area contributed by atoms with Gasteiger partial charge in [-0.2, -0.15) is 0 Å². The van der Waals surface area contributed by atoms with Crippen LogP contribution in [-0.2, 0) is 23.8 Å². The lowest BCUT2D eigenvalue weighted by atomic mass is 9.70. The molecule has 1 aromatic heterocycles. The van der Waals surface area contributed by atoms with Gasteiger partial charge in [0.15, 0.2) is 0 Å². The number of amides is 3. The molecular formula is C33H48F2N4O6S. The third kappa shape index (κ3) is 7.42.